The number of hydrogen-bond acceptors (Lipinski definition) is 4. The lowest BCUT2D eigenvalue weighted by molar-refractivity contribution is -0.142. The molecule has 0 aromatic carbocycles. The van der Waals surface area contributed by atoms with Gasteiger partial charge >= 0.3 is 5.97 Å². The summed E-state index contributed by atoms with van der Waals surface area (Å²) in [5.74, 6) is 0.665. The molecule has 92 valence electrons. The molecule has 2 heterocycles. The molecular formula is C12H15BrN2O2. The second kappa shape index (κ2) is 5.49. The van der Waals surface area contributed by atoms with Crippen LogP contribution < -0.4 is 4.90 Å². The fraction of sp³-hybridized carbons (Fsp3) is 0.500. The van der Waals surface area contributed by atoms with Gasteiger partial charge in [-0.15, -0.1) is 0 Å². The molecule has 4 nitrogen and oxygen atoms in total. The summed E-state index contributed by atoms with van der Waals surface area (Å²) in [5.41, 5.74) is 0. The summed E-state index contributed by atoms with van der Waals surface area (Å²) in [6, 6.07) is 3.67. The highest BCUT2D eigenvalue weighted by Crippen LogP contribution is 2.24. The summed E-state index contributed by atoms with van der Waals surface area (Å²) in [7, 11) is 1.43. The molecule has 0 amide bonds. The number of pyridine rings is 1. The number of methoxy groups -OCH3 is 1. The lowest BCUT2D eigenvalue weighted by Gasteiger charge is -2.34. The largest absolute Gasteiger partial charge is 0.467 e. The van der Waals surface area contributed by atoms with Crippen LogP contribution in [0.15, 0.2) is 22.8 Å². The Kier molecular flexibility index (Phi) is 3.99. The summed E-state index contributed by atoms with van der Waals surface area (Å²) < 4.78 is 5.79. The third kappa shape index (κ3) is 2.77. The predicted octanol–water partition coefficient (Wildman–Crippen LogP) is 2.38. The number of rotatable bonds is 2. The van der Waals surface area contributed by atoms with E-state index in [0.717, 1.165) is 36.1 Å². The maximum Gasteiger partial charge on any atom is 0.328 e. The summed E-state index contributed by atoms with van der Waals surface area (Å²) in [4.78, 5) is 18.1. The number of piperidine rings is 1. The van der Waals surface area contributed by atoms with Crippen LogP contribution in [0.5, 0.6) is 0 Å². The van der Waals surface area contributed by atoms with Gasteiger partial charge in [0.1, 0.15) is 11.9 Å². The van der Waals surface area contributed by atoms with Crippen molar-refractivity contribution in [2.45, 2.75) is 25.3 Å². The average Bonchev–Trinajstić information content (AvgIpc) is 2.39. The van der Waals surface area contributed by atoms with E-state index >= 15 is 0 Å². The molecule has 0 N–H and O–H groups in total. The van der Waals surface area contributed by atoms with Gasteiger partial charge in [-0.05, 0) is 47.3 Å². The number of carbonyl (C=O) groups is 1. The second-order valence-electron chi connectivity index (χ2n) is 4.06. The molecule has 0 radical (unpaired) electrons. The van der Waals surface area contributed by atoms with Crippen LogP contribution in [0.4, 0.5) is 5.82 Å². The highest BCUT2D eigenvalue weighted by molar-refractivity contribution is 9.10. The first-order valence-corrected chi connectivity index (χ1v) is 6.47. The molecular weight excluding hydrogens is 284 g/mol. The Morgan fingerprint density at radius 2 is 2.35 bits per heavy atom. The second-order valence-corrected chi connectivity index (χ2v) is 4.98. The van der Waals surface area contributed by atoms with E-state index in [1.54, 1.807) is 6.20 Å². The van der Waals surface area contributed by atoms with E-state index in [9.17, 15) is 4.79 Å². The molecule has 2 rings (SSSR count). The number of carbonyl (C=O) groups excluding carboxylic acids is 1. The number of aromatic nitrogens is 1. The van der Waals surface area contributed by atoms with Crippen molar-refractivity contribution in [3.05, 3.63) is 22.8 Å². The van der Waals surface area contributed by atoms with Gasteiger partial charge in [0, 0.05) is 17.2 Å². The molecule has 1 atom stereocenters. The van der Waals surface area contributed by atoms with Crippen molar-refractivity contribution in [3.8, 4) is 0 Å². The molecule has 0 spiro atoms. The van der Waals surface area contributed by atoms with Gasteiger partial charge in [-0.2, -0.15) is 0 Å². The summed E-state index contributed by atoms with van der Waals surface area (Å²) >= 11 is 3.35. The fourth-order valence-electron chi connectivity index (χ4n) is 2.12. The normalized spacial score (nSPS) is 20.1. The maximum absolute atomic E-state index is 11.7. The first kappa shape index (κ1) is 12.4. The zero-order valence-corrected chi connectivity index (χ0v) is 11.3. The number of ether oxygens (including phenoxy) is 1. The van der Waals surface area contributed by atoms with Crippen LogP contribution in [0, 0.1) is 0 Å². The van der Waals surface area contributed by atoms with Crippen LogP contribution in [0.2, 0.25) is 0 Å². The number of halogens is 1. The Morgan fingerprint density at radius 3 is 3.00 bits per heavy atom. The van der Waals surface area contributed by atoms with Gasteiger partial charge < -0.3 is 9.64 Å². The number of nitrogens with zero attached hydrogens (tertiary/aromatic N) is 2. The molecule has 1 saturated heterocycles. The minimum Gasteiger partial charge on any atom is -0.467 e. The number of hydrogen-bond donors (Lipinski definition) is 0. The molecule has 1 aromatic heterocycles. The molecule has 1 aliphatic rings. The molecule has 1 unspecified atom stereocenters. The van der Waals surface area contributed by atoms with Gasteiger partial charge in [0.25, 0.3) is 0 Å². The molecule has 1 aromatic rings. The van der Waals surface area contributed by atoms with Crippen LogP contribution in [0.25, 0.3) is 0 Å². The van der Waals surface area contributed by atoms with Crippen LogP contribution in [-0.4, -0.2) is 30.6 Å². The van der Waals surface area contributed by atoms with Crippen molar-refractivity contribution in [3.63, 3.8) is 0 Å². The Balaban J connectivity index is 2.21. The van der Waals surface area contributed by atoms with Crippen molar-refractivity contribution in [2.24, 2.45) is 0 Å². The van der Waals surface area contributed by atoms with Crippen molar-refractivity contribution < 1.29 is 9.53 Å². The van der Waals surface area contributed by atoms with E-state index < -0.39 is 0 Å². The third-order valence-electron chi connectivity index (χ3n) is 2.98. The minimum atomic E-state index is -0.192. The molecule has 0 saturated carbocycles. The zero-order valence-electron chi connectivity index (χ0n) is 9.73. The lowest BCUT2D eigenvalue weighted by Crippen LogP contribution is -2.45. The SMILES string of the molecule is COC(=O)C1CCCCN1c1ccc(Br)cn1. The van der Waals surface area contributed by atoms with Crippen molar-refractivity contribution >= 4 is 27.7 Å². The lowest BCUT2D eigenvalue weighted by atomic mass is 10.0. The molecule has 1 fully saturated rings. The summed E-state index contributed by atoms with van der Waals surface area (Å²) in [6.45, 7) is 0.856. The Labute approximate surface area is 109 Å². The molecule has 0 bridgehead atoms. The van der Waals surface area contributed by atoms with E-state index in [0.29, 0.717) is 0 Å². The predicted molar refractivity (Wildman–Crippen MR) is 68.9 cm³/mol. The van der Waals surface area contributed by atoms with Crippen LogP contribution in [0.3, 0.4) is 0 Å². The van der Waals surface area contributed by atoms with Gasteiger partial charge in [0.05, 0.1) is 7.11 Å². The number of esters is 1. The Bertz CT molecular complexity index is 394. The third-order valence-corrected chi connectivity index (χ3v) is 3.45. The Morgan fingerprint density at radius 1 is 1.53 bits per heavy atom. The van der Waals surface area contributed by atoms with Crippen LogP contribution in [0.1, 0.15) is 19.3 Å². The topological polar surface area (TPSA) is 42.4 Å². The van der Waals surface area contributed by atoms with Crippen molar-refractivity contribution in [1.29, 1.82) is 0 Å². The van der Waals surface area contributed by atoms with E-state index in [-0.39, 0.29) is 12.0 Å². The quantitative estimate of drug-likeness (QED) is 0.786. The highest BCUT2D eigenvalue weighted by atomic mass is 79.9. The molecule has 17 heavy (non-hydrogen) atoms. The minimum absolute atomic E-state index is 0.172. The van der Waals surface area contributed by atoms with E-state index in [4.69, 9.17) is 4.74 Å². The molecule has 0 aliphatic carbocycles. The van der Waals surface area contributed by atoms with Gasteiger partial charge in [-0.1, -0.05) is 0 Å². The first-order valence-electron chi connectivity index (χ1n) is 5.68. The first-order chi connectivity index (χ1) is 8.22. The van der Waals surface area contributed by atoms with Crippen molar-refractivity contribution in [2.75, 3.05) is 18.6 Å². The standard InChI is InChI=1S/C12H15BrN2O2/c1-17-12(16)10-4-2-3-7-15(10)11-6-5-9(13)8-14-11/h5-6,8,10H,2-4,7H2,1H3. The fourth-order valence-corrected chi connectivity index (χ4v) is 2.36. The monoisotopic (exact) mass is 298 g/mol. The van der Waals surface area contributed by atoms with Crippen LogP contribution >= 0.6 is 15.9 Å². The van der Waals surface area contributed by atoms with Gasteiger partial charge in [0.2, 0.25) is 0 Å². The van der Waals surface area contributed by atoms with Crippen LogP contribution in [-0.2, 0) is 9.53 Å². The average molecular weight is 299 g/mol. The number of anilines is 1. The maximum atomic E-state index is 11.7. The van der Waals surface area contributed by atoms with E-state index in [2.05, 4.69) is 20.9 Å². The van der Waals surface area contributed by atoms with E-state index in [1.807, 2.05) is 17.0 Å². The Hall–Kier alpha value is -1.10. The highest BCUT2D eigenvalue weighted by Gasteiger charge is 2.30. The molecule has 1 aliphatic heterocycles. The van der Waals surface area contributed by atoms with Gasteiger partial charge in [-0.3, -0.25) is 0 Å². The smallest absolute Gasteiger partial charge is 0.328 e. The molecule has 5 heteroatoms. The summed E-state index contributed by atoms with van der Waals surface area (Å²) in [5, 5.41) is 0. The van der Waals surface area contributed by atoms with Gasteiger partial charge in [0.15, 0.2) is 0 Å². The van der Waals surface area contributed by atoms with Gasteiger partial charge in [-0.25, -0.2) is 9.78 Å². The van der Waals surface area contributed by atoms with Crippen molar-refractivity contribution in [1.82, 2.24) is 4.98 Å². The zero-order chi connectivity index (χ0) is 12.3. The summed E-state index contributed by atoms with van der Waals surface area (Å²) in [6.07, 6.45) is 4.74. The van der Waals surface area contributed by atoms with E-state index in [1.165, 1.54) is 7.11 Å².